The molecule has 1 heterocycles. The van der Waals surface area contributed by atoms with Gasteiger partial charge in [-0.05, 0) is 38.2 Å². The Kier molecular flexibility index (Phi) is 12.5. The highest BCUT2D eigenvalue weighted by molar-refractivity contribution is 6.42. The van der Waals surface area contributed by atoms with Gasteiger partial charge in [-0.25, -0.2) is 4.79 Å². The Morgan fingerprint density at radius 1 is 1.15 bits per heavy atom. The van der Waals surface area contributed by atoms with Crippen LogP contribution in [-0.4, -0.2) is 84.1 Å². The predicted molar refractivity (Wildman–Crippen MR) is 152 cm³/mol. The Bertz CT molecular complexity index is 1160. The van der Waals surface area contributed by atoms with Crippen molar-refractivity contribution in [1.82, 2.24) is 20.9 Å². The minimum atomic E-state index is -0.933. The standard InChI is InChI=1S/C29H41N5O7/c1-17(2)21(15-31-26(37)22(30)13-19(4)35)28(39)34-12-6-7-24(34)27(38)32-16-25(36)33-23(29(40)41-5)14-20-10-8-18(3)9-11-20/h8-11,13,17,21,23-24,30,35H,6-7,12,14-16H2,1-5H3,(H,31,37)(H,32,38)(H,33,36)/b19-13-,30-22?/t21?,23?,24-/m0/s1. The largest absolute Gasteiger partial charge is 0.513 e. The molecule has 1 aliphatic rings. The minimum absolute atomic E-state index is 0.0425. The quantitative estimate of drug-likeness (QED) is 0.134. The van der Waals surface area contributed by atoms with Crippen LogP contribution in [0.2, 0.25) is 0 Å². The third kappa shape index (κ3) is 10.0. The average molecular weight is 572 g/mol. The Labute approximate surface area is 240 Å². The molecule has 0 aromatic heterocycles. The number of allylic oxidation sites excluding steroid dienone is 1. The first-order valence-electron chi connectivity index (χ1n) is 13.6. The summed E-state index contributed by atoms with van der Waals surface area (Å²) >= 11 is 0. The zero-order valence-electron chi connectivity index (χ0n) is 24.3. The normalized spacial score (nSPS) is 16.5. The van der Waals surface area contributed by atoms with Gasteiger partial charge < -0.3 is 30.7 Å². The molecule has 2 unspecified atom stereocenters. The summed E-state index contributed by atoms with van der Waals surface area (Å²) in [6.45, 7) is 6.85. The molecule has 1 aromatic carbocycles. The Hall–Kier alpha value is -4.22. The SMILES string of the molecule is COC(=O)C(Cc1ccc(C)cc1)NC(=O)CNC(=O)[C@@H]1CCCN1C(=O)C(CNC(=O)C(=N)/C=C(/C)O)C(C)C. The average Bonchev–Trinajstić information content (AvgIpc) is 3.41. The lowest BCUT2D eigenvalue weighted by atomic mass is 9.93. The second kappa shape index (κ2) is 15.5. The summed E-state index contributed by atoms with van der Waals surface area (Å²) in [6, 6.07) is 5.80. The Balaban J connectivity index is 1.98. The smallest absolute Gasteiger partial charge is 0.328 e. The van der Waals surface area contributed by atoms with E-state index in [1.165, 1.54) is 18.9 Å². The number of aryl methyl sites for hydroxylation is 1. The fourth-order valence-corrected chi connectivity index (χ4v) is 4.52. The fourth-order valence-electron chi connectivity index (χ4n) is 4.52. The van der Waals surface area contributed by atoms with Crippen molar-refractivity contribution in [2.24, 2.45) is 11.8 Å². The number of amides is 4. The zero-order valence-corrected chi connectivity index (χ0v) is 24.3. The number of benzene rings is 1. The van der Waals surface area contributed by atoms with E-state index in [1.807, 2.05) is 45.0 Å². The van der Waals surface area contributed by atoms with E-state index in [9.17, 15) is 29.1 Å². The fraction of sp³-hybridized carbons (Fsp3) is 0.517. The number of ether oxygens (including phenoxy) is 1. The van der Waals surface area contributed by atoms with Gasteiger partial charge in [0.25, 0.3) is 5.91 Å². The van der Waals surface area contributed by atoms with Gasteiger partial charge in [0, 0.05) is 25.6 Å². The third-order valence-corrected chi connectivity index (χ3v) is 6.85. The van der Waals surface area contributed by atoms with Crippen molar-refractivity contribution < 1.29 is 33.8 Å². The van der Waals surface area contributed by atoms with E-state index in [1.54, 1.807) is 0 Å². The van der Waals surface area contributed by atoms with Crippen LogP contribution in [0.3, 0.4) is 0 Å². The molecule has 12 heteroatoms. The molecule has 224 valence electrons. The van der Waals surface area contributed by atoms with Crippen molar-refractivity contribution in [2.45, 2.75) is 59.0 Å². The van der Waals surface area contributed by atoms with Crippen molar-refractivity contribution in [3.05, 3.63) is 47.2 Å². The maximum Gasteiger partial charge on any atom is 0.328 e. The summed E-state index contributed by atoms with van der Waals surface area (Å²) in [5.74, 6) is -3.73. The number of nitrogens with one attached hydrogen (secondary N) is 4. The van der Waals surface area contributed by atoms with E-state index in [4.69, 9.17) is 10.1 Å². The molecule has 3 atom stereocenters. The van der Waals surface area contributed by atoms with Crippen LogP contribution in [0.1, 0.15) is 44.7 Å². The van der Waals surface area contributed by atoms with Gasteiger partial charge in [0.1, 0.15) is 17.8 Å². The van der Waals surface area contributed by atoms with E-state index in [-0.39, 0.29) is 37.1 Å². The lowest BCUT2D eigenvalue weighted by Gasteiger charge is -2.30. The van der Waals surface area contributed by atoms with Crippen LogP contribution in [0, 0.1) is 24.2 Å². The number of aliphatic hydroxyl groups excluding tert-OH is 1. The van der Waals surface area contributed by atoms with Crippen molar-refractivity contribution in [1.29, 1.82) is 5.41 Å². The summed E-state index contributed by atoms with van der Waals surface area (Å²) in [5.41, 5.74) is 1.46. The number of aliphatic hydroxyl groups is 1. The molecule has 4 amide bonds. The second-order valence-corrected chi connectivity index (χ2v) is 10.5. The summed E-state index contributed by atoms with van der Waals surface area (Å²) in [5, 5.41) is 24.7. The maximum absolute atomic E-state index is 13.4. The molecule has 12 nitrogen and oxygen atoms in total. The first-order chi connectivity index (χ1) is 19.3. The molecule has 1 saturated heterocycles. The summed E-state index contributed by atoms with van der Waals surface area (Å²) in [6.07, 6.45) is 2.24. The number of carbonyl (C=O) groups is 5. The van der Waals surface area contributed by atoms with Crippen molar-refractivity contribution in [3.8, 4) is 0 Å². The number of methoxy groups -OCH3 is 1. The van der Waals surface area contributed by atoms with Crippen LogP contribution >= 0.6 is 0 Å². The van der Waals surface area contributed by atoms with Gasteiger partial charge in [0.05, 0.1) is 25.3 Å². The first kappa shape index (κ1) is 33.0. The molecular weight excluding hydrogens is 530 g/mol. The molecule has 0 aliphatic carbocycles. The van der Waals surface area contributed by atoms with Crippen molar-refractivity contribution in [2.75, 3.05) is 26.7 Å². The summed E-state index contributed by atoms with van der Waals surface area (Å²) in [4.78, 5) is 64.9. The van der Waals surface area contributed by atoms with Crippen LogP contribution in [0.15, 0.2) is 36.1 Å². The van der Waals surface area contributed by atoms with E-state index in [0.717, 1.165) is 17.2 Å². The van der Waals surface area contributed by atoms with Gasteiger partial charge in [0.15, 0.2) is 0 Å². The van der Waals surface area contributed by atoms with E-state index in [0.29, 0.717) is 19.4 Å². The molecule has 5 N–H and O–H groups in total. The third-order valence-electron chi connectivity index (χ3n) is 6.85. The van der Waals surface area contributed by atoms with Gasteiger partial charge in [0.2, 0.25) is 17.7 Å². The van der Waals surface area contributed by atoms with E-state index >= 15 is 0 Å². The van der Waals surface area contributed by atoms with Gasteiger partial charge in [-0.15, -0.1) is 0 Å². The number of hydrogen-bond acceptors (Lipinski definition) is 8. The number of esters is 1. The number of rotatable bonds is 13. The number of nitrogens with zero attached hydrogens (tertiary/aromatic N) is 1. The van der Waals surface area contributed by atoms with Crippen LogP contribution in [0.4, 0.5) is 0 Å². The molecule has 0 saturated carbocycles. The molecule has 0 bridgehead atoms. The number of hydrogen-bond donors (Lipinski definition) is 5. The molecule has 41 heavy (non-hydrogen) atoms. The minimum Gasteiger partial charge on any atom is -0.513 e. The molecular formula is C29H41N5O7. The molecule has 2 rings (SSSR count). The van der Waals surface area contributed by atoms with Crippen LogP contribution in [-0.2, 0) is 35.1 Å². The molecule has 0 spiro atoms. The predicted octanol–water partition coefficient (Wildman–Crippen LogP) is 1.17. The maximum atomic E-state index is 13.4. The molecule has 1 fully saturated rings. The van der Waals surface area contributed by atoms with Crippen LogP contribution in [0.5, 0.6) is 0 Å². The number of carbonyl (C=O) groups excluding carboxylic acids is 5. The van der Waals surface area contributed by atoms with Crippen molar-refractivity contribution >= 4 is 35.3 Å². The lowest BCUT2D eigenvalue weighted by Crippen LogP contribution is -2.52. The highest BCUT2D eigenvalue weighted by atomic mass is 16.5. The molecule has 1 aromatic rings. The highest BCUT2D eigenvalue weighted by Gasteiger charge is 2.38. The Morgan fingerprint density at radius 3 is 2.39 bits per heavy atom. The van der Waals surface area contributed by atoms with Crippen LogP contribution < -0.4 is 16.0 Å². The van der Waals surface area contributed by atoms with Gasteiger partial charge >= 0.3 is 5.97 Å². The lowest BCUT2D eigenvalue weighted by molar-refractivity contribution is -0.145. The number of likely N-dealkylation sites (tertiary alicyclic amines) is 1. The Morgan fingerprint density at radius 2 is 1.80 bits per heavy atom. The molecule has 1 aliphatic heterocycles. The van der Waals surface area contributed by atoms with E-state index < -0.39 is 47.4 Å². The second-order valence-electron chi connectivity index (χ2n) is 10.5. The molecule has 0 radical (unpaired) electrons. The summed E-state index contributed by atoms with van der Waals surface area (Å²) < 4.78 is 4.83. The summed E-state index contributed by atoms with van der Waals surface area (Å²) in [7, 11) is 1.23. The van der Waals surface area contributed by atoms with Gasteiger partial charge in [-0.2, -0.15) is 0 Å². The van der Waals surface area contributed by atoms with Gasteiger partial charge in [-0.1, -0.05) is 43.7 Å². The van der Waals surface area contributed by atoms with Crippen LogP contribution in [0.25, 0.3) is 0 Å². The van der Waals surface area contributed by atoms with Gasteiger partial charge in [-0.3, -0.25) is 24.6 Å². The van der Waals surface area contributed by atoms with E-state index in [2.05, 4.69) is 16.0 Å². The van der Waals surface area contributed by atoms with Crippen molar-refractivity contribution in [3.63, 3.8) is 0 Å². The highest BCUT2D eigenvalue weighted by Crippen LogP contribution is 2.23. The first-order valence-corrected chi connectivity index (χ1v) is 13.6. The topological polar surface area (TPSA) is 178 Å². The monoisotopic (exact) mass is 571 g/mol. The zero-order chi connectivity index (χ0) is 30.7.